The zero-order chi connectivity index (χ0) is 5.56. The van der Waals surface area contributed by atoms with Crippen molar-refractivity contribution in [3.05, 3.63) is 0 Å². The summed E-state index contributed by atoms with van der Waals surface area (Å²) in [4.78, 5) is 0. The number of rotatable bonds is 0. The van der Waals surface area contributed by atoms with Gasteiger partial charge in [0.2, 0.25) is 0 Å². The van der Waals surface area contributed by atoms with Gasteiger partial charge in [0.05, 0.1) is 12.2 Å². The maximum atomic E-state index is 5.69. The molecule has 2 aliphatic heterocycles. The average molecular weight is 113 g/mol. The molecule has 2 fully saturated rings. The normalized spacial score (nSPS) is 52.9. The number of hydrogen-bond acceptors (Lipinski definition) is 2. The first-order valence-corrected chi connectivity index (χ1v) is 3.27. The lowest BCUT2D eigenvalue weighted by Gasteiger charge is -2.11. The highest BCUT2D eigenvalue weighted by Crippen LogP contribution is 2.32. The fourth-order valence-electron chi connectivity index (χ4n) is 1.68. The van der Waals surface area contributed by atoms with Crippen LogP contribution in [0.2, 0.25) is 0 Å². The second-order valence-corrected chi connectivity index (χ2v) is 2.77. The fourth-order valence-corrected chi connectivity index (χ4v) is 1.68. The van der Waals surface area contributed by atoms with Crippen LogP contribution in [0.5, 0.6) is 0 Å². The summed E-state index contributed by atoms with van der Waals surface area (Å²) in [6.07, 6.45) is 4.49. The predicted octanol–water partition coefficient (Wildman–Crippen LogP) is 0.265. The SMILES string of the molecule is NC1C[C@H]2CC[C@H]1O2. The van der Waals surface area contributed by atoms with E-state index >= 15 is 0 Å². The molecule has 0 radical (unpaired) electrons. The highest BCUT2D eigenvalue weighted by molar-refractivity contribution is 4.91. The minimum absolute atomic E-state index is 0.355. The number of fused-ring (bicyclic) bond motifs is 2. The lowest BCUT2D eigenvalue weighted by molar-refractivity contribution is 0.101. The van der Waals surface area contributed by atoms with Crippen molar-refractivity contribution in [2.24, 2.45) is 5.73 Å². The van der Waals surface area contributed by atoms with Crippen molar-refractivity contribution in [3.8, 4) is 0 Å². The smallest absolute Gasteiger partial charge is 0.0731 e. The molecule has 2 heterocycles. The third-order valence-electron chi connectivity index (χ3n) is 2.15. The second kappa shape index (κ2) is 1.45. The molecule has 46 valence electrons. The largest absolute Gasteiger partial charge is 0.373 e. The van der Waals surface area contributed by atoms with Crippen LogP contribution in [0.4, 0.5) is 0 Å². The summed E-state index contributed by atoms with van der Waals surface area (Å²) < 4.78 is 5.46. The van der Waals surface area contributed by atoms with Gasteiger partial charge < -0.3 is 10.5 Å². The number of hydrogen-bond donors (Lipinski definition) is 1. The predicted molar refractivity (Wildman–Crippen MR) is 30.5 cm³/mol. The minimum Gasteiger partial charge on any atom is -0.373 e. The van der Waals surface area contributed by atoms with Crippen molar-refractivity contribution in [1.29, 1.82) is 0 Å². The Kier molecular flexibility index (Phi) is 0.866. The van der Waals surface area contributed by atoms with Crippen molar-refractivity contribution in [2.75, 3.05) is 0 Å². The molecule has 0 aliphatic carbocycles. The molecule has 2 nitrogen and oxygen atoms in total. The summed E-state index contributed by atoms with van der Waals surface area (Å²) in [6, 6.07) is 0.355. The molecule has 0 saturated carbocycles. The molecule has 0 amide bonds. The summed E-state index contributed by atoms with van der Waals surface area (Å²) in [6.45, 7) is 0. The van der Waals surface area contributed by atoms with Crippen molar-refractivity contribution in [3.63, 3.8) is 0 Å². The molecular weight excluding hydrogens is 102 g/mol. The number of nitrogens with two attached hydrogens (primary N) is 1. The van der Waals surface area contributed by atoms with E-state index in [-0.39, 0.29) is 0 Å². The summed E-state index contributed by atoms with van der Waals surface area (Å²) >= 11 is 0. The first-order chi connectivity index (χ1) is 3.86. The first-order valence-electron chi connectivity index (χ1n) is 3.27. The molecule has 2 saturated heterocycles. The van der Waals surface area contributed by atoms with E-state index in [1.54, 1.807) is 0 Å². The zero-order valence-corrected chi connectivity index (χ0v) is 4.84. The second-order valence-electron chi connectivity index (χ2n) is 2.77. The van der Waals surface area contributed by atoms with Crippen LogP contribution in [0.3, 0.4) is 0 Å². The summed E-state index contributed by atoms with van der Waals surface area (Å²) in [5, 5.41) is 0. The van der Waals surface area contributed by atoms with E-state index in [9.17, 15) is 0 Å². The standard InChI is InChI=1S/C6H11NO/c7-5-3-4-1-2-6(5)8-4/h4-6H,1-3,7H2/t4-,5?,6-/m1/s1. The van der Waals surface area contributed by atoms with Crippen LogP contribution in [-0.4, -0.2) is 18.2 Å². The van der Waals surface area contributed by atoms with Gasteiger partial charge in [-0.1, -0.05) is 0 Å². The summed E-state index contributed by atoms with van der Waals surface area (Å²) in [5.74, 6) is 0. The van der Waals surface area contributed by atoms with E-state index in [1.807, 2.05) is 0 Å². The third-order valence-corrected chi connectivity index (χ3v) is 2.15. The van der Waals surface area contributed by atoms with Crippen LogP contribution >= 0.6 is 0 Å². The molecule has 0 aromatic rings. The van der Waals surface area contributed by atoms with Gasteiger partial charge in [-0.15, -0.1) is 0 Å². The van der Waals surface area contributed by atoms with E-state index in [0.29, 0.717) is 18.2 Å². The number of ether oxygens (including phenoxy) is 1. The maximum Gasteiger partial charge on any atom is 0.0731 e. The Labute approximate surface area is 49.0 Å². The van der Waals surface area contributed by atoms with Gasteiger partial charge in [-0.05, 0) is 19.3 Å². The highest BCUT2D eigenvalue weighted by atomic mass is 16.5. The van der Waals surface area contributed by atoms with Gasteiger partial charge in [-0.2, -0.15) is 0 Å². The lowest BCUT2D eigenvalue weighted by Crippen LogP contribution is -2.30. The maximum absolute atomic E-state index is 5.69. The van der Waals surface area contributed by atoms with Crippen LogP contribution in [0.15, 0.2) is 0 Å². The van der Waals surface area contributed by atoms with Gasteiger partial charge in [0.1, 0.15) is 0 Å². The van der Waals surface area contributed by atoms with Gasteiger partial charge in [0, 0.05) is 6.04 Å². The minimum atomic E-state index is 0.355. The topological polar surface area (TPSA) is 35.2 Å². The Balaban J connectivity index is 2.11. The molecule has 2 bridgehead atoms. The molecular formula is C6H11NO. The van der Waals surface area contributed by atoms with Crippen molar-refractivity contribution in [2.45, 2.75) is 37.5 Å². The molecule has 8 heavy (non-hydrogen) atoms. The average Bonchev–Trinajstić information content (AvgIpc) is 2.23. The zero-order valence-electron chi connectivity index (χ0n) is 4.84. The molecule has 2 rings (SSSR count). The molecule has 3 atom stereocenters. The Morgan fingerprint density at radius 3 is 2.50 bits per heavy atom. The molecule has 0 spiro atoms. The molecule has 0 aromatic heterocycles. The van der Waals surface area contributed by atoms with Crippen LogP contribution in [0, 0.1) is 0 Å². The van der Waals surface area contributed by atoms with Crippen LogP contribution in [0.25, 0.3) is 0 Å². The van der Waals surface area contributed by atoms with Gasteiger partial charge in [0.25, 0.3) is 0 Å². The van der Waals surface area contributed by atoms with Crippen molar-refractivity contribution in [1.82, 2.24) is 0 Å². The van der Waals surface area contributed by atoms with Crippen molar-refractivity contribution >= 4 is 0 Å². The Hall–Kier alpha value is -0.0800. The van der Waals surface area contributed by atoms with Crippen LogP contribution in [-0.2, 0) is 4.74 Å². The van der Waals surface area contributed by atoms with Gasteiger partial charge in [-0.25, -0.2) is 0 Å². The quantitative estimate of drug-likeness (QED) is 0.489. The summed E-state index contributed by atoms with van der Waals surface area (Å²) in [7, 11) is 0. The monoisotopic (exact) mass is 113 g/mol. The van der Waals surface area contributed by atoms with Crippen molar-refractivity contribution < 1.29 is 4.74 Å². The molecule has 2 N–H and O–H groups in total. The van der Waals surface area contributed by atoms with Crippen LogP contribution < -0.4 is 5.73 Å². The van der Waals surface area contributed by atoms with E-state index in [4.69, 9.17) is 10.5 Å². The lowest BCUT2D eigenvalue weighted by atomic mass is 9.97. The molecule has 0 aromatic carbocycles. The Bertz CT molecular complexity index is 103. The van der Waals surface area contributed by atoms with Gasteiger partial charge in [0.15, 0.2) is 0 Å². The summed E-state index contributed by atoms with van der Waals surface area (Å²) in [5.41, 5.74) is 5.69. The first kappa shape index (κ1) is 4.77. The molecule has 2 aliphatic rings. The van der Waals surface area contributed by atoms with Gasteiger partial charge in [-0.3, -0.25) is 0 Å². The molecule has 2 heteroatoms. The van der Waals surface area contributed by atoms with Crippen LogP contribution in [0.1, 0.15) is 19.3 Å². The van der Waals surface area contributed by atoms with E-state index in [0.717, 1.165) is 6.42 Å². The fraction of sp³-hybridized carbons (Fsp3) is 1.00. The Morgan fingerprint density at radius 1 is 1.38 bits per heavy atom. The van der Waals surface area contributed by atoms with E-state index in [1.165, 1.54) is 12.8 Å². The highest BCUT2D eigenvalue weighted by Gasteiger charge is 2.38. The van der Waals surface area contributed by atoms with E-state index in [2.05, 4.69) is 0 Å². The van der Waals surface area contributed by atoms with E-state index < -0.39 is 0 Å². The Morgan fingerprint density at radius 2 is 2.25 bits per heavy atom. The van der Waals surface area contributed by atoms with Gasteiger partial charge >= 0.3 is 0 Å². The molecule has 1 unspecified atom stereocenters. The third kappa shape index (κ3) is 0.501.